The van der Waals surface area contributed by atoms with Gasteiger partial charge in [-0.1, -0.05) is 12.8 Å². The van der Waals surface area contributed by atoms with Crippen molar-refractivity contribution in [3.8, 4) is 0 Å². The smallest absolute Gasteiger partial charge is 0.341 e. The molecule has 1 N–H and O–H groups in total. The molecule has 0 spiro atoms. The number of carbonyl (C=O) groups is 2. The molecule has 2 rings (SSSR count). The molecule has 1 amide bonds. The fraction of sp³-hybridized carbons (Fsp3) is 0.600. The molecule has 0 aliphatic heterocycles. The number of aryl methyl sites for hydroxylation is 1. The Balaban J connectivity index is 2.20. The molecule has 4 nitrogen and oxygen atoms in total. The lowest BCUT2D eigenvalue weighted by Crippen LogP contribution is -2.21. The molecule has 1 aliphatic carbocycles. The van der Waals surface area contributed by atoms with Crippen LogP contribution in [0, 0.1) is 19.8 Å². The fourth-order valence-electron chi connectivity index (χ4n) is 2.57. The van der Waals surface area contributed by atoms with Crippen LogP contribution in [0.15, 0.2) is 0 Å². The molecule has 1 aliphatic rings. The number of rotatable bonds is 4. The summed E-state index contributed by atoms with van der Waals surface area (Å²) in [4.78, 5) is 25.3. The number of anilines is 1. The van der Waals surface area contributed by atoms with E-state index in [2.05, 4.69) is 5.32 Å². The van der Waals surface area contributed by atoms with Crippen molar-refractivity contribution in [1.29, 1.82) is 0 Å². The van der Waals surface area contributed by atoms with Crippen LogP contribution >= 0.6 is 11.3 Å². The van der Waals surface area contributed by atoms with Crippen LogP contribution in [0.25, 0.3) is 0 Å². The van der Waals surface area contributed by atoms with Gasteiger partial charge in [-0.2, -0.15) is 0 Å². The highest BCUT2D eigenvalue weighted by Gasteiger charge is 2.26. The van der Waals surface area contributed by atoms with Crippen molar-refractivity contribution in [1.82, 2.24) is 0 Å². The van der Waals surface area contributed by atoms with E-state index in [1.165, 1.54) is 11.3 Å². The second-order valence-electron chi connectivity index (χ2n) is 5.18. The molecule has 0 bridgehead atoms. The van der Waals surface area contributed by atoms with Crippen molar-refractivity contribution in [2.45, 2.75) is 46.5 Å². The summed E-state index contributed by atoms with van der Waals surface area (Å²) < 4.78 is 5.09. The second-order valence-corrected chi connectivity index (χ2v) is 6.40. The largest absolute Gasteiger partial charge is 0.462 e. The second kappa shape index (κ2) is 6.39. The Kier molecular flexibility index (Phi) is 4.81. The van der Waals surface area contributed by atoms with Gasteiger partial charge in [0, 0.05) is 10.8 Å². The summed E-state index contributed by atoms with van der Waals surface area (Å²) in [6.45, 7) is 5.96. The summed E-state index contributed by atoms with van der Waals surface area (Å²) in [7, 11) is 0. The third-order valence-electron chi connectivity index (χ3n) is 3.83. The van der Waals surface area contributed by atoms with Crippen LogP contribution in [-0.4, -0.2) is 18.5 Å². The lowest BCUT2D eigenvalue weighted by atomic mass is 10.1. The van der Waals surface area contributed by atoms with Crippen molar-refractivity contribution in [2.75, 3.05) is 11.9 Å². The molecule has 1 saturated carbocycles. The Morgan fingerprint density at radius 3 is 2.55 bits per heavy atom. The number of esters is 1. The number of ether oxygens (including phenoxy) is 1. The zero-order valence-corrected chi connectivity index (χ0v) is 13.1. The van der Waals surface area contributed by atoms with Gasteiger partial charge in [-0.05, 0) is 39.2 Å². The first-order valence-corrected chi connectivity index (χ1v) is 7.94. The van der Waals surface area contributed by atoms with Crippen LogP contribution in [0.5, 0.6) is 0 Å². The maximum atomic E-state index is 12.2. The zero-order valence-electron chi connectivity index (χ0n) is 12.2. The van der Waals surface area contributed by atoms with Crippen LogP contribution in [0.1, 0.15) is 53.4 Å². The Labute approximate surface area is 123 Å². The Hall–Kier alpha value is -1.36. The highest BCUT2D eigenvalue weighted by molar-refractivity contribution is 7.16. The Morgan fingerprint density at radius 1 is 1.30 bits per heavy atom. The van der Waals surface area contributed by atoms with Gasteiger partial charge in [-0.15, -0.1) is 11.3 Å². The van der Waals surface area contributed by atoms with E-state index in [1.54, 1.807) is 6.92 Å². The summed E-state index contributed by atoms with van der Waals surface area (Å²) in [6, 6.07) is 0. The van der Waals surface area contributed by atoms with E-state index in [0.29, 0.717) is 17.2 Å². The molecular formula is C15H21NO3S. The molecule has 20 heavy (non-hydrogen) atoms. The maximum Gasteiger partial charge on any atom is 0.341 e. The lowest BCUT2D eigenvalue weighted by Gasteiger charge is -2.10. The zero-order chi connectivity index (χ0) is 14.7. The summed E-state index contributed by atoms with van der Waals surface area (Å²) >= 11 is 1.45. The van der Waals surface area contributed by atoms with Crippen LogP contribution in [-0.2, 0) is 9.53 Å². The van der Waals surface area contributed by atoms with Gasteiger partial charge in [0.25, 0.3) is 0 Å². The number of nitrogens with one attached hydrogen (secondary N) is 1. The molecule has 0 atom stereocenters. The van der Waals surface area contributed by atoms with Crippen molar-refractivity contribution in [3.63, 3.8) is 0 Å². The van der Waals surface area contributed by atoms with Crippen LogP contribution in [0.4, 0.5) is 5.00 Å². The average Bonchev–Trinajstić information content (AvgIpc) is 3.00. The van der Waals surface area contributed by atoms with Crippen molar-refractivity contribution in [3.05, 3.63) is 16.0 Å². The molecule has 1 heterocycles. The van der Waals surface area contributed by atoms with Gasteiger partial charge >= 0.3 is 5.97 Å². The Bertz CT molecular complexity index is 515. The standard InChI is InChI=1S/C15H21NO3S/c1-4-19-15(18)12-9(2)10(3)20-14(12)16-13(17)11-7-5-6-8-11/h11H,4-8H2,1-3H3,(H,16,17). The van der Waals surface area contributed by atoms with Gasteiger partial charge in [-0.25, -0.2) is 4.79 Å². The van der Waals surface area contributed by atoms with Crippen LogP contribution < -0.4 is 5.32 Å². The van der Waals surface area contributed by atoms with E-state index in [-0.39, 0.29) is 17.8 Å². The van der Waals surface area contributed by atoms with Gasteiger partial charge in [0.1, 0.15) is 5.00 Å². The third kappa shape index (κ3) is 3.03. The molecule has 0 radical (unpaired) electrons. The molecule has 1 aromatic rings. The lowest BCUT2D eigenvalue weighted by molar-refractivity contribution is -0.119. The number of amides is 1. The molecule has 0 aromatic carbocycles. The van der Waals surface area contributed by atoms with Crippen LogP contribution in [0.3, 0.4) is 0 Å². The minimum absolute atomic E-state index is 0.0364. The maximum absolute atomic E-state index is 12.2. The third-order valence-corrected chi connectivity index (χ3v) is 4.95. The van der Waals surface area contributed by atoms with Crippen molar-refractivity contribution >= 4 is 28.2 Å². The number of hydrogen-bond donors (Lipinski definition) is 1. The molecule has 110 valence electrons. The first-order valence-electron chi connectivity index (χ1n) is 7.12. The van der Waals surface area contributed by atoms with Gasteiger partial charge in [-0.3, -0.25) is 4.79 Å². The fourth-order valence-corrected chi connectivity index (χ4v) is 3.62. The van der Waals surface area contributed by atoms with E-state index in [4.69, 9.17) is 4.74 Å². The van der Waals surface area contributed by atoms with Gasteiger partial charge in [0.15, 0.2) is 0 Å². The Morgan fingerprint density at radius 2 is 1.95 bits per heavy atom. The highest BCUT2D eigenvalue weighted by atomic mass is 32.1. The highest BCUT2D eigenvalue weighted by Crippen LogP contribution is 2.34. The summed E-state index contributed by atoms with van der Waals surface area (Å²) in [5, 5.41) is 3.57. The number of thiophene rings is 1. The number of carbonyl (C=O) groups excluding carboxylic acids is 2. The molecule has 0 unspecified atom stereocenters. The summed E-state index contributed by atoms with van der Waals surface area (Å²) in [5.74, 6) is -0.224. The van der Waals surface area contributed by atoms with Gasteiger partial charge < -0.3 is 10.1 Å². The number of hydrogen-bond acceptors (Lipinski definition) is 4. The average molecular weight is 295 g/mol. The quantitative estimate of drug-likeness (QED) is 0.862. The molecule has 0 saturated heterocycles. The normalized spacial score (nSPS) is 15.3. The van der Waals surface area contributed by atoms with Gasteiger partial charge in [0.05, 0.1) is 12.2 Å². The predicted octanol–water partition coefficient (Wildman–Crippen LogP) is 3.67. The SMILES string of the molecule is CCOC(=O)c1c(NC(=O)C2CCCC2)sc(C)c1C. The first-order chi connectivity index (χ1) is 9.54. The molecule has 5 heteroatoms. The van der Waals surface area contributed by atoms with Crippen LogP contribution in [0.2, 0.25) is 0 Å². The van der Waals surface area contributed by atoms with E-state index in [1.807, 2.05) is 13.8 Å². The molecule has 1 aromatic heterocycles. The molecular weight excluding hydrogens is 274 g/mol. The first kappa shape index (κ1) is 15.0. The summed E-state index contributed by atoms with van der Waals surface area (Å²) in [6.07, 6.45) is 4.13. The van der Waals surface area contributed by atoms with E-state index in [9.17, 15) is 9.59 Å². The minimum atomic E-state index is -0.351. The summed E-state index contributed by atoms with van der Waals surface area (Å²) in [5.41, 5.74) is 1.41. The predicted molar refractivity (Wildman–Crippen MR) is 80.3 cm³/mol. The van der Waals surface area contributed by atoms with Crippen molar-refractivity contribution < 1.29 is 14.3 Å². The van der Waals surface area contributed by atoms with Crippen molar-refractivity contribution in [2.24, 2.45) is 5.92 Å². The monoisotopic (exact) mass is 295 g/mol. The topological polar surface area (TPSA) is 55.4 Å². The minimum Gasteiger partial charge on any atom is -0.462 e. The molecule has 1 fully saturated rings. The van der Waals surface area contributed by atoms with Gasteiger partial charge in [0.2, 0.25) is 5.91 Å². The van der Waals surface area contributed by atoms with E-state index < -0.39 is 0 Å². The van der Waals surface area contributed by atoms with E-state index in [0.717, 1.165) is 36.1 Å². The van der Waals surface area contributed by atoms with E-state index >= 15 is 0 Å².